The van der Waals surface area contributed by atoms with Crippen molar-refractivity contribution in [2.45, 2.75) is 44.8 Å². The zero-order chi connectivity index (χ0) is 9.84. The van der Waals surface area contributed by atoms with Crippen LogP contribution in [0, 0.1) is 0 Å². The van der Waals surface area contributed by atoms with Gasteiger partial charge in [-0.15, -0.1) is 0 Å². The monoisotopic (exact) mass is 185 g/mol. The van der Waals surface area contributed by atoms with Crippen molar-refractivity contribution in [1.29, 1.82) is 0 Å². The minimum absolute atomic E-state index is 0.167. The Morgan fingerprint density at radius 2 is 1.85 bits per heavy atom. The van der Waals surface area contributed by atoms with E-state index in [0.29, 0.717) is 12.1 Å². The Kier molecular flexibility index (Phi) is 3.72. The van der Waals surface area contributed by atoms with E-state index in [1.807, 2.05) is 11.9 Å². The molecule has 13 heavy (non-hydrogen) atoms. The maximum absolute atomic E-state index is 11.1. The van der Waals surface area contributed by atoms with Gasteiger partial charge in [0, 0.05) is 27.1 Å². The third-order valence-corrected chi connectivity index (χ3v) is 3.02. The summed E-state index contributed by atoms with van der Waals surface area (Å²) in [6.45, 7) is 1.63. The number of nitrogens with zero attached hydrogens (tertiary/aromatic N) is 1. The van der Waals surface area contributed by atoms with E-state index in [0.717, 1.165) is 25.7 Å². The Morgan fingerprint density at radius 1 is 1.31 bits per heavy atom. The van der Waals surface area contributed by atoms with Crippen LogP contribution in [0.4, 0.5) is 0 Å². The second kappa shape index (κ2) is 4.61. The van der Waals surface area contributed by atoms with Gasteiger partial charge in [-0.3, -0.25) is 4.79 Å². The fourth-order valence-corrected chi connectivity index (χ4v) is 1.93. The average molecular weight is 185 g/mol. The Balaban J connectivity index is 2.36. The van der Waals surface area contributed by atoms with Crippen LogP contribution in [-0.4, -0.2) is 37.1 Å². The van der Waals surface area contributed by atoms with Crippen molar-refractivity contribution in [1.82, 2.24) is 4.90 Å². The maximum atomic E-state index is 11.1. The zero-order valence-electron chi connectivity index (χ0n) is 8.75. The number of hydrogen-bond acceptors (Lipinski definition) is 2. The molecular weight excluding hydrogens is 166 g/mol. The second-order valence-corrected chi connectivity index (χ2v) is 3.80. The third kappa shape index (κ3) is 2.69. The molecule has 0 aromatic rings. The summed E-state index contributed by atoms with van der Waals surface area (Å²) in [4.78, 5) is 12.9. The molecule has 1 aliphatic rings. The zero-order valence-corrected chi connectivity index (χ0v) is 8.75. The highest BCUT2D eigenvalue weighted by Crippen LogP contribution is 2.23. The molecule has 0 spiro atoms. The Labute approximate surface area is 80.1 Å². The molecule has 0 aromatic carbocycles. The van der Waals surface area contributed by atoms with Crippen molar-refractivity contribution in [3.8, 4) is 0 Å². The minimum atomic E-state index is 0.167. The highest BCUT2D eigenvalue weighted by molar-refractivity contribution is 5.73. The van der Waals surface area contributed by atoms with Gasteiger partial charge in [-0.25, -0.2) is 0 Å². The van der Waals surface area contributed by atoms with Gasteiger partial charge < -0.3 is 9.64 Å². The smallest absolute Gasteiger partial charge is 0.219 e. The number of methoxy groups -OCH3 is 1. The lowest BCUT2D eigenvalue weighted by molar-refractivity contribution is -0.130. The minimum Gasteiger partial charge on any atom is -0.381 e. The molecule has 0 saturated heterocycles. The Morgan fingerprint density at radius 3 is 2.23 bits per heavy atom. The van der Waals surface area contributed by atoms with Crippen LogP contribution in [0.5, 0.6) is 0 Å². The molecule has 0 aliphatic heterocycles. The first-order valence-electron chi connectivity index (χ1n) is 4.91. The van der Waals surface area contributed by atoms with Gasteiger partial charge in [-0.2, -0.15) is 0 Å². The number of hydrogen-bond donors (Lipinski definition) is 0. The van der Waals surface area contributed by atoms with Crippen LogP contribution < -0.4 is 0 Å². The molecule has 0 N–H and O–H groups in total. The molecule has 1 saturated carbocycles. The first kappa shape index (κ1) is 10.5. The van der Waals surface area contributed by atoms with E-state index in [1.54, 1.807) is 14.0 Å². The van der Waals surface area contributed by atoms with E-state index in [2.05, 4.69) is 0 Å². The van der Waals surface area contributed by atoms with Gasteiger partial charge in [0.15, 0.2) is 0 Å². The lowest BCUT2D eigenvalue weighted by Crippen LogP contribution is -2.39. The summed E-state index contributed by atoms with van der Waals surface area (Å²) in [7, 11) is 3.65. The van der Waals surface area contributed by atoms with Gasteiger partial charge in [0.2, 0.25) is 5.91 Å². The normalized spacial score (nSPS) is 28.5. The highest BCUT2D eigenvalue weighted by Gasteiger charge is 2.24. The molecule has 1 amide bonds. The standard InChI is InChI=1S/C10H19NO2/c1-8(12)11(2)9-4-6-10(13-3)7-5-9/h9-10H,4-7H2,1-3H3/t9-,10-. The fourth-order valence-electron chi connectivity index (χ4n) is 1.93. The van der Waals surface area contributed by atoms with Gasteiger partial charge in [-0.05, 0) is 25.7 Å². The summed E-state index contributed by atoms with van der Waals surface area (Å²) >= 11 is 0. The van der Waals surface area contributed by atoms with Crippen LogP contribution in [-0.2, 0) is 9.53 Å². The molecule has 0 aromatic heterocycles. The van der Waals surface area contributed by atoms with Gasteiger partial charge in [0.05, 0.1) is 6.10 Å². The average Bonchev–Trinajstić information content (AvgIpc) is 2.17. The highest BCUT2D eigenvalue weighted by atomic mass is 16.5. The van der Waals surface area contributed by atoms with Crippen LogP contribution in [0.1, 0.15) is 32.6 Å². The van der Waals surface area contributed by atoms with Crippen molar-refractivity contribution >= 4 is 5.91 Å². The predicted octanol–water partition coefficient (Wildman–Crippen LogP) is 1.42. The summed E-state index contributed by atoms with van der Waals surface area (Å²) in [6.07, 6.45) is 4.73. The van der Waals surface area contributed by atoms with Crippen LogP contribution in [0.25, 0.3) is 0 Å². The van der Waals surface area contributed by atoms with Crippen LogP contribution in [0.2, 0.25) is 0 Å². The van der Waals surface area contributed by atoms with Crippen LogP contribution >= 0.6 is 0 Å². The number of rotatable bonds is 2. The predicted molar refractivity (Wildman–Crippen MR) is 51.5 cm³/mol. The molecule has 3 nitrogen and oxygen atoms in total. The lowest BCUT2D eigenvalue weighted by atomic mass is 9.92. The number of amides is 1. The van der Waals surface area contributed by atoms with Crippen molar-refractivity contribution < 1.29 is 9.53 Å². The van der Waals surface area contributed by atoms with Gasteiger partial charge in [0.25, 0.3) is 0 Å². The molecule has 0 radical (unpaired) electrons. The first-order valence-corrected chi connectivity index (χ1v) is 4.91. The van der Waals surface area contributed by atoms with Gasteiger partial charge >= 0.3 is 0 Å². The molecule has 1 rings (SSSR count). The Hall–Kier alpha value is -0.570. The largest absolute Gasteiger partial charge is 0.381 e. The molecule has 0 unspecified atom stereocenters. The summed E-state index contributed by atoms with van der Waals surface area (Å²) in [5.74, 6) is 0.167. The van der Waals surface area contributed by atoms with E-state index >= 15 is 0 Å². The molecular formula is C10H19NO2. The molecule has 76 valence electrons. The van der Waals surface area contributed by atoms with Gasteiger partial charge in [0.1, 0.15) is 0 Å². The van der Waals surface area contributed by atoms with E-state index < -0.39 is 0 Å². The molecule has 3 heteroatoms. The molecule has 0 atom stereocenters. The molecule has 1 aliphatic carbocycles. The summed E-state index contributed by atoms with van der Waals surface area (Å²) in [5.41, 5.74) is 0. The summed E-state index contributed by atoms with van der Waals surface area (Å²) < 4.78 is 5.28. The number of carbonyl (C=O) groups excluding carboxylic acids is 1. The first-order chi connectivity index (χ1) is 6.15. The van der Waals surface area contributed by atoms with Crippen molar-refractivity contribution in [2.75, 3.05) is 14.2 Å². The van der Waals surface area contributed by atoms with Crippen LogP contribution in [0.15, 0.2) is 0 Å². The lowest BCUT2D eigenvalue weighted by Gasteiger charge is -2.33. The van der Waals surface area contributed by atoms with Crippen LogP contribution in [0.3, 0.4) is 0 Å². The fraction of sp³-hybridized carbons (Fsp3) is 0.900. The van der Waals surface area contributed by atoms with Crippen molar-refractivity contribution in [3.05, 3.63) is 0 Å². The maximum Gasteiger partial charge on any atom is 0.219 e. The molecule has 0 bridgehead atoms. The van der Waals surface area contributed by atoms with E-state index in [-0.39, 0.29) is 5.91 Å². The SMILES string of the molecule is CO[C@H]1CC[C@H](N(C)C(C)=O)CC1. The molecule has 1 fully saturated rings. The second-order valence-electron chi connectivity index (χ2n) is 3.80. The van der Waals surface area contributed by atoms with E-state index in [4.69, 9.17) is 4.74 Å². The van der Waals surface area contributed by atoms with E-state index in [1.165, 1.54) is 0 Å². The van der Waals surface area contributed by atoms with Crippen molar-refractivity contribution in [3.63, 3.8) is 0 Å². The Bertz CT molecular complexity index is 174. The molecule has 0 heterocycles. The van der Waals surface area contributed by atoms with E-state index in [9.17, 15) is 4.79 Å². The quantitative estimate of drug-likeness (QED) is 0.651. The third-order valence-electron chi connectivity index (χ3n) is 3.02. The number of carbonyl (C=O) groups is 1. The topological polar surface area (TPSA) is 29.5 Å². The van der Waals surface area contributed by atoms with Crippen molar-refractivity contribution in [2.24, 2.45) is 0 Å². The van der Waals surface area contributed by atoms with Gasteiger partial charge in [-0.1, -0.05) is 0 Å². The summed E-state index contributed by atoms with van der Waals surface area (Å²) in [6, 6.07) is 0.434. The summed E-state index contributed by atoms with van der Waals surface area (Å²) in [5, 5.41) is 0. The number of ether oxygens (including phenoxy) is 1.